The van der Waals surface area contributed by atoms with E-state index in [1.807, 2.05) is 18.2 Å². The predicted molar refractivity (Wildman–Crippen MR) is 55.9 cm³/mol. The minimum atomic E-state index is -4.67. The van der Waals surface area contributed by atoms with Gasteiger partial charge in [-0.15, -0.1) is 0 Å². The first-order chi connectivity index (χ1) is 7.38. The van der Waals surface area contributed by atoms with E-state index in [9.17, 15) is 4.39 Å². The lowest BCUT2D eigenvalue weighted by Gasteiger charge is -1.95. The van der Waals surface area contributed by atoms with Gasteiger partial charge in [0.15, 0.2) is 0 Å². The summed E-state index contributed by atoms with van der Waals surface area (Å²) in [4.78, 5) is 3.74. The van der Waals surface area contributed by atoms with E-state index in [-0.39, 0.29) is 5.82 Å². The lowest BCUT2D eigenvalue weighted by molar-refractivity contribution is 0.381. The van der Waals surface area contributed by atoms with E-state index in [0.29, 0.717) is 5.39 Å². The van der Waals surface area contributed by atoms with Crippen molar-refractivity contribution in [3.05, 3.63) is 42.5 Å². The maximum atomic E-state index is 12.9. The van der Waals surface area contributed by atoms with Crippen molar-refractivity contribution in [1.82, 2.24) is 4.98 Å². The van der Waals surface area contributed by atoms with Crippen LogP contribution in [0.3, 0.4) is 0 Å². The lowest BCUT2D eigenvalue weighted by atomic mass is 10.2. The monoisotopic (exact) mass is 245 g/mol. The summed E-state index contributed by atoms with van der Waals surface area (Å²) >= 11 is 0. The summed E-state index contributed by atoms with van der Waals surface area (Å²) < 4.78 is 44.5. The van der Waals surface area contributed by atoms with Gasteiger partial charge in [-0.1, -0.05) is 24.3 Å². The Labute approximate surface area is 91.1 Å². The summed E-state index contributed by atoms with van der Waals surface area (Å²) in [6.07, 6.45) is 2.88. The number of hydrogen-bond acceptors (Lipinski definition) is 3. The highest BCUT2D eigenvalue weighted by molar-refractivity contribution is 7.79. The van der Waals surface area contributed by atoms with Gasteiger partial charge in [0.25, 0.3) is 0 Å². The Morgan fingerprint density at radius 1 is 1.12 bits per heavy atom. The van der Waals surface area contributed by atoms with Crippen LogP contribution in [0.25, 0.3) is 10.8 Å². The standard InChI is InChI=1S/C9H6FN.H2O4S/c10-9-6-11-5-7-3-1-2-4-8(7)9;1-5(2,3)4/h1-6H;(H2,1,2,3,4). The van der Waals surface area contributed by atoms with Gasteiger partial charge in [-0.3, -0.25) is 14.1 Å². The Hall–Kier alpha value is -1.57. The van der Waals surface area contributed by atoms with Crippen LogP contribution in [-0.2, 0) is 10.4 Å². The topological polar surface area (TPSA) is 87.5 Å². The van der Waals surface area contributed by atoms with Gasteiger partial charge in [0.05, 0.1) is 6.20 Å². The van der Waals surface area contributed by atoms with Crippen LogP contribution in [0.4, 0.5) is 4.39 Å². The van der Waals surface area contributed by atoms with E-state index in [1.54, 1.807) is 12.3 Å². The van der Waals surface area contributed by atoms with Crippen LogP contribution >= 0.6 is 0 Å². The Morgan fingerprint density at radius 2 is 1.69 bits per heavy atom. The molecule has 0 fully saturated rings. The molecule has 1 aromatic heterocycles. The first-order valence-electron chi connectivity index (χ1n) is 4.06. The molecule has 2 N–H and O–H groups in total. The Morgan fingerprint density at radius 3 is 2.25 bits per heavy atom. The van der Waals surface area contributed by atoms with E-state index in [0.717, 1.165) is 5.39 Å². The zero-order chi connectivity index (χ0) is 12.2. The molecule has 0 radical (unpaired) electrons. The number of aromatic nitrogens is 1. The molecule has 0 aliphatic rings. The molecule has 16 heavy (non-hydrogen) atoms. The van der Waals surface area contributed by atoms with Gasteiger partial charge < -0.3 is 0 Å². The Kier molecular flexibility index (Phi) is 3.88. The molecule has 0 amide bonds. The van der Waals surface area contributed by atoms with E-state index in [2.05, 4.69) is 4.98 Å². The fourth-order valence-corrected chi connectivity index (χ4v) is 1.08. The second kappa shape index (κ2) is 4.97. The average Bonchev–Trinajstić information content (AvgIpc) is 2.16. The van der Waals surface area contributed by atoms with Crippen molar-refractivity contribution in [3.8, 4) is 0 Å². The molecule has 0 aliphatic carbocycles. The fraction of sp³-hybridized carbons (Fsp3) is 0. The van der Waals surface area contributed by atoms with Crippen LogP contribution in [0.5, 0.6) is 0 Å². The number of fused-ring (bicyclic) bond motifs is 1. The van der Waals surface area contributed by atoms with E-state index in [1.165, 1.54) is 6.20 Å². The number of pyridine rings is 1. The summed E-state index contributed by atoms with van der Waals surface area (Å²) in [5, 5.41) is 1.47. The number of nitrogens with zero attached hydrogens (tertiary/aromatic N) is 1. The van der Waals surface area contributed by atoms with Crippen molar-refractivity contribution in [2.45, 2.75) is 0 Å². The maximum absolute atomic E-state index is 12.9. The highest BCUT2D eigenvalue weighted by Crippen LogP contribution is 2.14. The van der Waals surface area contributed by atoms with Crippen LogP contribution in [-0.4, -0.2) is 22.5 Å². The van der Waals surface area contributed by atoms with Crippen molar-refractivity contribution < 1.29 is 21.9 Å². The average molecular weight is 245 g/mol. The largest absolute Gasteiger partial charge is 0.394 e. The molecule has 0 bridgehead atoms. The minimum absolute atomic E-state index is 0.261. The van der Waals surface area contributed by atoms with Crippen LogP contribution in [0, 0.1) is 5.82 Å². The zero-order valence-electron chi connectivity index (χ0n) is 7.91. The zero-order valence-corrected chi connectivity index (χ0v) is 8.72. The fourth-order valence-electron chi connectivity index (χ4n) is 1.08. The van der Waals surface area contributed by atoms with Gasteiger partial charge in [-0.2, -0.15) is 8.42 Å². The molecule has 0 atom stereocenters. The molecule has 1 heterocycles. The number of hydrogen-bond donors (Lipinski definition) is 2. The Balaban J connectivity index is 0.000000221. The molecule has 2 rings (SSSR count). The summed E-state index contributed by atoms with van der Waals surface area (Å²) in [6.45, 7) is 0. The second-order valence-corrected chi connectivity index (χ2v) is 3.69. The van der Waals surface area contributed by atoms with Gasteiger partial charge >= 0.3 is 10.4 Å². The molecule has 0 spiro atoms. The Bertz CT molecular complexity index is 572. The summed E-state index contributed by atoms with van der Waals surface area (Å²) in [5.74, 6) is -0.261. The molecule has 0 aliphatic heterocycles. The molecule has 0 unspecified atom stereocenters. The van der Waals surface area contributed by atoms with Crippen molar-refractivity contribution in [2.75, 3.05) is 0 Å². The number of benzene rings is 1. The van der Waals surface area contributed by atoms with Crippen molar-refractivity contribution in [3.63, 3.8) is 0 Å². The molecule has 1 aromatic carbocycles. The molecule has 2 aromatic rings. The highest BCUT2D eigenvalue weighted by Gasteiger charge is 1.96. The van der Waals surface area contributed by atoms with Crippen molar-refractivity contribution >= 4 is 21.2 Å². The van der Waals surface area contributed by atoms with Crippen LogP contribution in [0.15, 0.2) is 36.7 Å². The van der Waals surface area contributed by atoms with Crippen LogP contribution in [0.2, 0.25) is 0 Å². The van der Waals surface area contributed by atoms with Crippen LogP contribution in [0.1, 0.15) is 0 Å². The van der Waals surface area contributed by atoms with Crippen LogP contribution < -0.4 is 0 Å². The molecular weight excluding hydrogens is 237 g/mol. The summed E-state index contributed by atoms with van der Waals surface area (Å²) in [6, 6.07) is 7.26. The molecule has 7 heteroatoms. The smallest absolute Gasteiger partial charge is 0.264 e. The third-order valence-corrected chi connectivity index (χ3v) is 1.62. The minimum Gasteiger partial charge on any atom is -0.264 e. The van der Waals surface area contributed by atoms with E-state index in [4.69, 9.17) is 17.5 Å². The SMILES string of the molecule is Fc1cncc2ccccc12.O=S(=O)(O)O. The quantitative estimate of drug-likeness (QED) is 0.690. The third kappa shape index (κ3) is 4.30. The molecule has 0 saturated heterocycles. The first-order valence-corrected chi connectivity index (χ1v) is 5.46. The number of rotatable bonds is 0. The van der Waals surface area contributed by atoms with E-state index >= 15 is 0 Å². The van der Waals surface area contributed by atoms with Crippen molar-refractivity contribution in [2.24, 2.45) is 0 Å². The van der Waals surface area contributed by atoms with Crippen molar-refractivity contribution in [1.29, 1.82) is 0 Å². The first kappa shape index (κ1) is 12.5. The van der Waals surface area contributed by atoms with Gasteiger partial charge in [0.1, 0.15) is 5.82 Å². The summed E-state index contributed by atoms with van der Waals surface area (Å²) in [5.41, 5.74) is 0. The predicted octanol–water partition coefficient (Wildman–Crippen LogP) is 1.72. The molecule has 86 valence electrons. The van der Waals surface area contributed by atoms with Gasteiger partial charge in [0, 0.05) is 17.0 Å². The van der Waals surface area contributed by atoms with E-state index < -0.39 is 10.4 Å². The third-order valence-electron chi connectivity index (χ3n) is 1.62. The summed E-state index contributed by atoms with van der Waals surface area (Å²) in [7, 11) is -4.67. The molecule has 5 nitrogen and oxygen atoms in total. The normalized spacial score (nSPS) is 10.7. The lowest BCUT2D eigenvalue weighted by Crippen LogP contribution is -1.89. The number of halogens is 1. The highest BCUT2D eigenvalue weighted by atomic mass is 32.3. The second-order valence-electron chi connectivity index (χ2n) is 2.79. The molecular formula is C9H8FNO4S. The molecule has 0 saturated carbocycles. The van der Waals surface area contributed by atoms with Gasteiger partial charge in [0.2, 0.25) is 0 Å². The maximum Gasteiger partial charge on any atom is 0.394 e. The van der Waals surface area contributed by atoms with Gasteiger partial charge in [-0.05, 0) is 0 Å². The van der Waals surface area contributed by atoms with Gasteiger partial charge in [-0.25, -0.2) is 4.39 Å².